The Balaban J connectivity index is 2.72. The first-order valence-electron chi connectivity index (χ1n) is 4.72. The van der Waals surface area contributed by atoms with Crippen molar-refractivity contribution in [3.63, 3.8) is 0 Å². The second-order valence-corrected chi connectivity index (χ2v) is 3.94. The number of nitrogens with two attached hydrogens (primary N) is 2. The number of halogens is 1. The van der Waals surface area contributed by atoms with Crippen molar-refractivity contribution in [1.82, 2.24) is 9.97 Å². The highest BCUT2D eigenvalue weighted by molar-refractivity contribution is 9.10. The second-order valence-electron chi connectivity index (χ2n) is 3.19. The lowest BCUT2D eigenvalue weighted by molar-refractivity contribution is 0.706. The van der Waals surface area contributed by atoms with Crippen LogP contribution in [-0.2, 0) is 6.42 Å². The van der Waals surface area contributed by atoms with Crippen LogP contribution in [0.2, 0.25) is 0 Å². The van der Waals surface area contributed by atoms with Crippen LogP contribution >= 0.6 is 15.9 Å². The summed E-state index contributed by atoms with van der Waals surface area (Å²) in [5.74, 6) is 0.795. The average molecular weight is 259 g/mol. The van der Waals surface area contributed by atoms with Gasteiger partial charge in [0.05, 0.1) is 5.69 Å². The van der Waals surface area contributed by atoms with Gasteiger partial charge in [-0.3, -0.25) is 0 Å². The van der Waals surface area contributed by atoms with Crippen LogP contribution in [0.1, 0.15) is 31.9 Å². The fraction of sp³-hybridized carbons (Fsp3) is 0.556. The van der Waals surface area contributed by atoms with E-state index in [1.54, 1.807) is 0 Å². The number of rotatable bonds is 4. The smallest absolute Gasteiger partial charge is 0.159 e. The Hall–Kier alpha value is -0.840. The monoisotopic (exact) mass is 258 g/mol. The zero-order valence-electron chi connectivity index (χ0n) is 8.26. The van der Waals surface area contributed by atoms with Crippen molar-refractivity contribution < 1.29 is 0 Å². The highest BCUT2D eigenvalue weighted by Gasteiger charge is 2.06. The molecule has 0 amide bonds. The minimum atomic E-state index is 0.349. The molecule has 0 saturated heterocycles. The molecule has 0 atom stereocenters. The first kappa shape index (κ1) is 11.2. The fourth-order valence-corrected chi connectivity index (χ4v) is 1.50. The Morgan fingerprint density at radius 1 is 1.14 bits per heavy atom. The van der Waals surface area contributed by atoms with E-state index >= 15 is 0 Å². The molecular weight excluding hydrogens is 244 g/mol. The van der Waals surface area contributed by atoms with Crippen LogP contribution in [0.4, 0.5) is 11.6 Å². The molecule has 0 aliphatic heterocycles. The van der Waals surface area contributed by atoms with E-state index in [4.69, 9.17) is 11.5 Å². The predicted octanol–water partition coefficient (Wildman–Crippen LogP) is 2.14. The summed E-state index contributed by atoms with van der Waals surface area (Å²) in [5, 5.41) is 0. The normalized spacial score (nSPS) is 10.4. The molecule has 0 aliphatic rings. The van der Waals surface area contributed by atoms with Crippen molar-refractivity contribution in [3.8, 4) is 0 Å². The maximum atomic E-state index is 5.70. The number of aryl methyl sites for hydroxylation is 1. The van der Waals surface area contributed by atoms with Crippen LogP contribution < -0.4 is 11.5 Å². The van der Waals surface area contributed by atoms with Gasteiger partial charge in [0.25, 0.3) is 0 Å². The van der Waals surface area contributed by atoms with E-state index in [-0.39, 0.29) is 0 Å². The summed E-state index contributed by atoms with van der Waals surface area (Å²) in [4.78, 5) is 8.25. The Morgan fingerprint density at radius 3 is 2.50 bits per heavy atom. The third kappa shape index (κ3) is 2.83. The minimum absolute atomic E-state index is 0.349. The van der Waals surface area contributed by atoms with Crippen molar-refractivity contribution >= 4 is 27.6 Å². The predicted molar refractivity (Wildman–Crippen MR) is 61.8 cm³/mol. The third-order valence-electron chi connectivity index (χ3n) is 2.00. The summed E-state index contributed by atoms with van der Waals surface area (Å²) in [6.07, 6.45) is 4.32. The largest absolute Gasteiger partial charge is 0.382 e. The quantitative estimate of drug-likeness (QED) is 0.812. The maximum absolute atomic E-state index is 5.70. The van der Waals surface area contributed by atoms with Gasteiger partial charge in [-0.25, -0.2) is 9.97 Å². The van der Waals surface area contributed by atoms with Crippen molar-refractivity contribution in [1.29, 1.82) is 0 Å². The standard InChI is InChI=1S/C9H15BrN4/c1-2-3-4-5-6-8(11)14-9(12)7(10)13-6/h2-5H2,1H3,(H4,11,12,14). The van der Waals surface area contributed by atoms with Gasteiger partial charge in [-0.15, -0.1) is 0 Å². The van der Waals surface area contributed by atoms with E-state index < -0.39 is 0 Å². The second kappa shape index (κ2) is 5.14. The summed E-state index contributed by atoms with van der Waals surface area (Å²) in [7, 11) is 0. The number of anilines is 2. The molecule has 1 rings (SSSR count). The molecule has 0 unspecified atom stereocenters. The molecule has 0 bridgehead atoms. The van der Waals surface area contributed by atoms with Crippen molar-refractivity contribution in [2.24, 2.45) is 0 Å². The lowest BCUT2D eigenvalue weighted by atomic mass is 10.1. The lowest BCUT2D eigenvalue weighted by Crippen LogP contribution is -2.05. The van der Waals surface area contributed by atoms with Crippen LogP contribution in [0, 0.1) is 0 Å². The fourth-order valence-electron chi connectivity index (χ4n) is 1.20. The van der Waals surface area contributed by atoms with Gasteiger partial charge in [0.1, 0.15) is 10.4 Å². The molecule has 4 N–H and O–H groups in total. The van der Waals surface area contributed by atoms with Gasteiger partial charge in [0, 0.05) is 0 Å². The summed E-state index contributed by atoms with van der Waals surface area (Å²) in [6, 6.07) is 0. The number of aromatic nitrogens is 2. The minimum Gasteiger partial charge on any atom is -0.382 e. The first-order valence-corrected chi connectivity index (χ1v) is 5.51. The van der Waals surface area contributed by atoms with Gasteiger partial charge in [0.15, 0.2) is 5.82 Å². The molecule has 1 heterocycles. The molecule has 4 nitrogen and oxygen atoms in total. The van der Waals surface area contributed by atoms with Crippen LogP contribution in [-0.4, -0.2) is 9.97 Å². The number of nitrogen functional groups attached to an aromatic ring is 2. The zero-order valence-corrected chi connectivity index (χ0v) is 9.84. The molecule has 0 aromatic carbocycles. The van der Waals surface area contributed by atoms with Crippen LogP contribution in [0.3, 0.4) is 0 Å². The molecule has 0 aliphatic carbocycles. The number of unbranched alkanes of at least 4 members (excludes halogenated alkanes) is 2. The number of hydrogen-bond donors (Lipinski definition) is 2. The molecule has 14 heavy (non-hydrogen) atoms. The average Bonchev–Trinajstić information content (AvgIpc) is 2.14. The molecule has 0 radical (unpaired) electrons. The highest BCUT2D eigenvalue weighted by Crippen LogP contribution is 2.19. The molecule has 0 fully saturated rings. The molecule has 0 spiro atoms. The Morgan fingerprint density at radius 2 is 1.86 bits per heavy atom. The lowest BCUT2D eigenvalue weighted by Gasteiger charge is -2.05. The topological polar surface area (TPSA) is 77.8 Å². The van der Waals surface area contributed by atoms with E-state index in [0.29, 0.717) is 16.2 Å². The van der Waals surface area contributed by atoms with Gasteiger partial charge < -0.3 is 11.5 Å². The molecule has 1 aromatic rings. The van der Waals surface area contributed by atoms with E-state index in [9.17, 15) is 0 Å². The Kier molecular flexibility index (Phi) is 4.13. The van der Waals surface area contributed by atoms with E-state index in [1.807, 2.05) is 0 Å². The molecular formula is C9H15BrN4. The maximum Gasteiger partial charge on any atom is 0.159 e. The van der Waals surface area contributed by atoms with E-state index in [0.717, 1.165) is 18.5 Å². The number of nitrogens with zero attached hydrogens (tertiary/aromatic N) is 2. The van der Waals surface area contributed by atoms with Gasteiger partial charge in [-0.2, -0.15) is 0 Å². The van der Waals surface area contributed by atoms with E-state index in [1.165, 1.54) is 12.8 Å². The van der Waals surface area contributed by atoms with Gasteiger partial charge in [0.2, 0.25) is 0 Å². The zero-order chi connectivity index (χ0) is 10.6. The summed E-state index contributed by atoms with van der Waals surface area (Å²) in [5.41, 5.74) is 12.1. The Bertz CT molecular complexity index is 314. The van der Waals surface area contributed by atoms with Crippen molar-refractivity contribution in [3.05, 3.63) is 10.3 Å². The van der Waals surface area contributed by atoms with Gasteiger partial charge >= 0.3 is 0 Å². The van der Waals surface area contributed by atoms with Crippen LogP contribution in [0.25, 0.3) is 0 Å². The third-order valence-corrected chi connectivity index (χ3v) is 2.58. The molecule has 1 aromatic heterocycles. The summed E-state index contributed by atoms with van der Waals surface area (Å²) in [6.45, 7) is 2.16. The molecule has 78 valence electrons. The SMILES string of the molecule is CCCCCc1nc(Br)c(N)nc1N. The van der Waals surface area contributed by atoms with E-state index in [2.05, 4.69) is 32.8 Å². The van der Waals surface area contributed by atoms with Crippen molar-refractivity contribution in [2.75, 3.05) is 11.5 Å². The summed E-state index contributed by atoms with van der Waals surface area (Å²) >= 11 is 3.24. The van der Waals surface area contributed by atoms with Gasteiger partial charge in [-0.1, -0.05) is 19.8 Å². The van der Waals surface area contributed by atoms with Crippen LogP contribution in [0.15, 0.2) is 4.60 Å². The first-order chi connectivity index (χ1) is 6.65. The Labute approximate surface area is 92.2 Å². The molecule has 5 heteroatoms. The number of hydrogen-bond acceptors (Lipinski definition) is 4. The van der Waals surface area contributed by atoms with Crippen molar-refractivity contribution in [2.45, 2.75) is 32.6 Å². The highest BCUT2D eigenvalue weighted by atomic mass is 79.9. The summed E-state index contributed by atoms with van der Waals surface area (Å²) < 4.78 is 0.582. The van der Waals surface area contributed by atoms with Gasteiger partial charge in [-0.05, 0) is 28.8 Å². The van der Waals surface area contributed by atoms with Crippen LogP contribution in [0.5, 0.6) is 0 Å². The molecule has 0 saturated carbocycles.